The Balaban J connectivity index is 2.46. The Kier molecular flexibility index (Phi) is 3.85. The number of ether oxygens (including phenoxy) is 1. The molecule has 4 heteroatoms. The van der Waals surface area contributed by atoms with Crippen LogP contribution in [-0.2, 0) is 5.92 Å². The van der Waals surface area contributed by atoms with E-state index >= 15 is 0 Å². The van der Waals surface area contributed by atoms with E-state index in [-0.39, 0.29) is 11.6 Å². The number of hydrogen-bond acceptors (Lipinski definition) is 2. The molecule has 1 fully saturated rings. The molecule has 0 saturated carbocycles. The van der Waals surface area contributed by atoms with E-state index in [9.17, 15) is 8.78 Å². The van der Waals surface area contributed by atoms with Crippen molar-refractivity contribution < 1.29 is 13.5 Å². The predicted molar refractivity (Wildman–Crippen MR) is 67.2 cm³/mol. The van der Waals surface area contributed by atoms with Gasteiger partial charge >= 0.3 is 0 Å². The summed E-state index contributed by atoms with van der Waals surface area (Å²) in [5, 5.41) is 3.31. The van der Waals surface area contributed by atoms with Crippen molar-refractivity contribution >= 4 is 0 Å². The topological polar surface area (TPSA) is 21.3 Å². The van der Waals surface area contributed by atoms with Crippen molar-refractivity contribution in [1.29, 1.82) is 0 Å². The van der Waals surface area contributed by atoms with E-state index in [2.05, 4.69) is 5.32 Å². The smallest absolute Gasteiger partial charge is 0.270 e. The van der Waals surface area contributed by atoms with E-state index in [1.807, 2.05) is 0 Å². The maximum atomic E-state index is 13.7. The second-order valence-corrected chi connectivity index (χ2v) is 4.81. The fourth-order valence-corrected chi connectivity index (χ4v) is 2.56. The minimum atomic E-state index is -2.84. The Bertz CT molecular complexity index is 409. The zero-order valence-electron chi connectivity index (χ0n) is 10.8. The Morgan fingerprint density at radius 2 is 2.11 bits per heavy atom. The second-order valence-electron chi connectivity index (χ2n) is 4.81. The van der Waals surface area contributed by atoms with Crippen molar-refractivity contribution in [2.75, 3.05) is 13.7 Å². The molecule has 1 saturated heterocycles. The lowest BCUT2D eigenvalue weighted by Crippen LogP contribution is -2.29. The van der Waals surface area contributed by atoms with Gasteiger partial charge in [-0.1, -0.05) is 18.6 Å². The summed E-state index contributed by atoms with van der Waals surface area (Å²) in [7, 11) is 1.53. The summed E-state index contributed by atoms with van der Waals surface area (Å²) in [6.45, 7) is 1.81. The second kappa shape index (κ2) is 5.22. The number of alkyl halides is 2. The highest BCUT2D eigenvalue weighted by atomic mass is 19.3. The first kappa shape index (κ1) is 13.3. The molecule has 0 radical (unpaired) electrons. The van der Waals surface area contributed by atoms with Gasteiger partial charge < -0.3 is 10.1 Å². The van der Waals surface area contributed by atoms with Crippen molar-refractivity contribution in [3.63, 3.8) is 0 Å². The van der Waals surface area contributed by atoms with Crippen LogP contribution in [0.2, 0.25) is 0 Å². The third-order valence-electron chi connectivity index (χ3n) is 3.42. The van der Waals surface area contributed by atoms with Gasteiger partial charge in [0.25, 0.3) is 5.92 Å². The minimum Gasteiger partial charge on any atom is -0.496 e. The summed E-state index contributed by atoms with van der Waals surface area (Å²) in [4.78, 5) is 0. The van der Waals surface area contributed by atoms with Gasteiger partial charge in [-0.2, -0.15) is 0 Å². The molecule has 0 amide bonds. The van der Waals surface area contributed by atoms with Gasteiger partial charge in [0.15, 0.2) is 0 Å². The first-order valence-corrected chi connectivity index (χ1v) is 6.32. The first-order valence-electron chi connectivity index (χ1n) is 6.32. The normalized spacial score (nSPS) is 20.8. The van der Waals surface area contributed by atoms with Gasteiger partial charge in [0.2, 0.25) is 0 Å². The number of piperidine rings is 1. The van der Waals surface area contributed by atoms with Gasteiger partial charge in [-0.25, -0.2) is 8.78 Å². The van der Waals surface area contributed by atoms with Gasteiger partial charge in [0, 0.05) is 24.1 Å². The highest BCUT2D eigenvalue weighted by molar-refractivity contribution is 5.44. The lowest BCUT2D eigenvalue weighted by molar-refractivity contribution is 0.0155. The molecular formula is C14H19F2NO. The number of halogens is 2. The summed E-state index contributed by atoms with van der Waals surface area (Å²) < 4.78 is 32.7. The standard InChI is InChI=1S/C14H19F2NO/c1-14(15,16)10-6-5-8-12(18-2)13(10)11-7-3-4-9-17-11/h5-6,8,11,17H,3-4,7,9H2,1-2H3. The third kappa shape index (κ3) is 2.64. The highest BCUT2D eigenvalue weighted by Crippen LogP contribution is 2.40. The summed E-state index contributed by atoms with van der Waals surface area (Å²) in [6.07, 6.45) is 3.04. The lowest BCUT2D eigenvalue weighted by Gasteiger charge is -2.29. The van der Waals surface area contributed by atoms with Gasteiger partial charge in [-0.3, -0.25) is 0 Å². The third-order valence-corrected chi connectivity index (χ3v) is 3.42. The fourth-order valence-electron chi connectivity index (χ4n) is 2.56. The molecule has 1 aromatic rings. The van der Waals surface area contributed by atoms with Crippen LogP contribution >= 0.6 is 0 Å². The molecule has 0 aliphatic carbocycles. The average molecular weight is 255 g/mol. The number of rotatable bonds is 3. The molecule has 100 valence electrons. The summed E-state index contributed by atoms with van der Waals surface area (Å²) in [5.41, 5.74) is 0.688. The average Bonchev–Trinajstić information content (AvgIpc) is 2.38. The van der Waals surface area contributed by atoms with E-state index in [4.69, 9.17) is 4.74 Å². The largest absolute Gasteiger partial charge is 0.496 e. The van der Waals surface area contributed by atoms with E-state index in [0.717, 1.165) is 32.7 Å². The molecule has 1 unspecified atom stereocenters. The molecule has 1 aliphatic heterocycles. The van der Waals surface area contributed by atoms with Crippen molar-refractivity contribution in [2.24, 2.45) is 0 Å². The van der Waals surface area contributed by atoms with Crippen LogP contribution in [0.5, 0.6) is 5.75 Å². The number of hydrogen-bond donors (Lipinski definition) is 1. The zero-order chi connectivity index (χ0) is 13.2. The van der Waals surface area contributed by atoms with E-state index in [0.29, 0.717) is 11.3 Å². The summed E-state index contributed by atoms with van der Waals surface area (Å²) in [5.74, 6) is -2.29. The molecule has 1 atom stereocenters. The SMILES string of the molecule is COc1cccc(C(C)(F)F)c1C1CCCCN1. The maximum absolute atomic E-state index is 13.7. The summed E-state index contributed by atoms with van der Waals surface area (Å²) >= 11 is 0. The van der Waals surface area contributed by atoms with E-state index in [1.54, 1.807) is 12.1 Å². The van der Waals surface area contributed by atoms with Gasteiger partial charge in [-0.05, 0) is 25.5 Å². The predicted octanol–water partition coefficient (Wildman–Crippen LogP) is 3.62. The van der Waals surface area contributed by atoms with Crippen molar-refractivity contribution in [1.82, 2.24) is 5.32 Å². The molecule has 0 bridgehead atoms. The Hall–Kier alpha value is -1.16. The lowest BCUT2D eigenvalue weighted by atomic mass is 9.90. The monoisotopic (exact) mass is 255 g/mol. The minimum absolute atomic E-state index is 0.0317. The molecule has 1 N–H and O–H groups in total. The molecule has 2 nitrogen and oxygen atoms in total. The van der Waals surface area contributed by atoms with Crippen molar-refractivity contribution in [3.8, 4) is 5.75 Å². The number of methoxy groups -OCH3 is 1. The maximum Gasteiger partial charge on any atom is 0.270 e. The molecule has 1 heterocycles. The molecule has 2 rings (SSSR count). The van der Waals surface area contributed by atoms with Gasteiger partial charge in [0.1, 0.15) is 5.75 Å². The van der Waals surface area contributed by atoms with Crippen LogP contribution in [0.3, 0.4) is 0 Å². The van der Waals surface area contributed by atoms with Crippen LogP contribution in [0.15, 0.2) is 18.2 Å². The highest BCUT2D eigenvalue weighted by Gasteiger charge is 2.32. The van der Waals surface area contributed by atoms with Crippen LogP contribution in [0.4, 0.5) is 8.78 Å². The Morgan fingerprint density at radius 1 is 1.33 bits per heavy atom. The first-order chi connectivity index (χ1) is 8.54. The molecule has 1 aliphatic rings. The quantitative estimate of drug-likeness (QED) is 0.890. The van der Waals surface area contributed by atoms with E-state index < -0.39 is 5.92 Å². The number of benzene rings is 1. The Morgan fingerprint density at radius 3 is 2.67 bits per heavy atom. The van der Waals surface area contributed by atoms with Crippen LogP contribution in [0.1, 0.15) is 43.4 Å². The fraction of sp³-hybridized carbons (Fsp3) is 0.571. The Labute approximate surface area is 106 Å². The van der Waals surface area contributed by atoms with Gasteiger partial charge in [0.05, 0.1) is 7.11 Å². The number of nitrogens with one attached hydrogen (secondary N) is 1. The van der Waals surface area contributed by atoms with Crippen molar-refractivity contribution in [3.05, 3.63) is 29.3 Å². The van der Waals surface area contributed by atoms with Crippen molar-refractivity contribution in [2.45, 2.75) is 38.2 Å². The van der Waals surface area contributed by atoms with E-state index in [1.165, 1.54) is 13.2 Å². The summed E-state index contributed by atoms with van der Waals surface area (Å²) in [6, 6.07) is 4.84. The molecule has 18 heavy (non-hydrogen) atoms. The van der Waals surface area contributed by atoms with Crippen LogP contribution in [0.25, 0.3) is 0 Å². The zero-order valence-corrected chi connectivity index (χ0v) is 10.8. The molecule has 0 spiro atoms. The molecule has 0 aromatic heterocycles. The van der Waals surface area contributed by atoms with Crippen LogP contribution < -0.4 is 10.1 Å². The van der Waals surface area contributed by atoms with Crippen LogP contribution in [-0.4, -0.2) is 13.7 Å². The van der Waals surface area contributed by atoms with Crippen LogP contribution in [0, 0.1) is 0 Å². The van der Waals surface area contributed by atoms with Gasteiger partial charge in [-0.15, -0.1) is 0 Å². The molecule has 1 aromatic carbocycles. The molecular weight excluding hydrogens is 236 g/mol.